The second kappa shape index (κ2) is 12.2. The minimum absolute atomic E-state index is 0.296. The van der Waals surface area contributed by atoms with Crippen molar-refractivity contribution in [3.05, 3.63) is 83.9 Å². The number of esters is 1. The van der Waals surface area contributed by atoms with Gasteiger partial charge >= 0.3 is 5.97 Å². The van der Waals surface area contributed by atoms with Gasteiger partial charge in [0, 0.05) is 11.3 Å². The van der Waals surface area contributed by atoms with Crippen LogP contribution in [-0.4, -0.2) is 38.1 Å². The predicted molar refractivity (Wildman–Crippen MR) is 133 cm³/mol. The van der Waals surface area contributed by atoms with Crippen LogP contribution < -0.4 is 20.1 Å². The zero-order valence-electron chi connectivity index (χ0n) is 19.9. The minimum atomic E-state index is -0.626. The average molecular weight is 477 g/mol. The summed E-state index contributed by atoms with van der Waals surface area (Å²) in [5.41, 5.74) is 1.71. The predicted octanol–water partition coefficient (Wildman–Crippen LogP) is 4.78. The number of ether oxygens (including phenoxy) is 3. The molecular weight excluding hydrogens is 448 g/mol. The number of carbonyl (C=O) groups is 3. The fraction of sp³-hybridized carbons (Fsp3) is 0.222. The minimum Gasteiger partial charge on any atom is -0.495 e. The van der Waals surface area contributed by atoms with Crippen LogP contribution in [0.2, 0.25) is 0 Å². The van der Waals surface area contributed by atoms with Crippen LogP contribution in [0, 0.1) is 5.92 Å². The molecule has 3 aromatic carbocycles. The fourth-order valence-electron chi connectivity index (χ4n) is 3.03. The van der Waals surface area contributed by atoms with Crippen molar-refractivity contribution in [2.24, 2.45) is 5.92 Å². The van der Waals surface area contributed by atoms with Gasteiger partial charge < -0.3 is 24.8 Å². The van der Waals surface area contributed by atoms with Crippen molar-refractivity contribution in [3.63, 3.8) is 0 Å². The number of benzene rings is 3. The summed E-state index contributed by atoms with van der Waals surface area (Å²) >= 11 is 0. The number of nitrogens with one attached hydrogen (secondary N) is 2. The molecule has 0 saturated carbocycles. The first-order valence-electron chi connectivity index (χ1n) is 11.1. The van der Waals surface area contributed by atoms with E-state index in [1.807, 2.05) is 19.9 Å². The number of rotatable bonds is 10. The molecule has 0 fully saturated rings. The summed E-state index contributed by atoms with van der Waals surface area (Å²) in [5.74, 6) is 0.0165. The van der Waals surface area contributed by atoms with E-state index in [9.17, 15) is 14.4 Å². The first kappa shape index (κ1) is 25.3. The van der Waals surface area contributed by atoms with E-state index in [2.05, 4.69) is 10.6 Å². The van der Waals surface area contributed by atoms with Gasteiger partial charge in [0.15, 0.2) is 6.61 Å². The van der Waals surface area contributed by atoms with Crippen molar-refractivity contribution in [2.75, 3.05) is 31.0 Å². The highest BCUT2D eigenvalue weighted by Gasteiger charge is 2.13. The van der Waals surface area contributed by atoms with Crippen molar-refractivity contribution >= 4 is 29.2 Å². The van der Waals surface area contributed by atoms with Crippen LogP contribution >= 0.6 is 0 Å². The van der Waals surface area contributed by atoms with E-state index in [1.54, 1.807) is 66.7 Å². The van der Waals surface area contributed by atoms with E-state index in [1.165, 1.54) is 7.11 Å². The van der Waals surface area contributed by atoms with Crippen LogP contribution in [-0.2, 0) is 9.53 Å². The Morgan fingerprint density at radius 1 is 0.857 bits per heavy atom. The molecule has 0 bridgehead atoms. The molecule has 0 aliphatic rings. The summed E-state index contributed by atoms with van der Waals surface area (Å²) in [6.45, 7) is 4.14. The standard InChI is InChI=1S/C27H28N2O6/c1-18(2)16-34-22-8-6-7-20(15-22)27(32)35-17-25(30)28-21-13-11-19(12-14-21)26(31)29-23-9-4-5-10-24(23)33-3/h4-15,18H,16-17H2,1-3H3,(H,28,30)(H,29,31). The van der Waals surface area contributed by atoms with Crippen LogP contribution in [0.4, 0.5) is 11.4 Å². The monoisotopic (exact) mass is 476 g/mol. The molecule has 2 amide bonds. The first-order chi connectivity index (χ1) is 16.9. The molecule has 0 heterocycles. The molecule has 0 spiro atoms. The van der Waals surface area contributed by atoms with Gasteiger partial charge in [0.2, 0.25) is 0 Å². The van der Waals surface area contributed by atoms with Crippen LogP contribution in [0.15, 0.2) is 72.8 Å². The topological polar surface area (TPSA) is 103 Å². The zero-order chi connectivity index (χ0) is 25.2. The molecule has 0 aliphatic carbocycles. The Bertz CT molecular complexity index is 1170. The van der Waals surface area contributed by atoms with Crippen molar-refractivity contribution in [2.45, 2.75) is 13.8 Å². The van der Waals surface area contributed by atoms with Gasteiger partial charge in [-0.1, -0.05) is 32.0 Å². The number of methoxy groups -OCH3 is 1. The SMILES string of the molecule is COc1ccccc1NC(=O)c1ccc(NC(=O)COC(=O)c2cccc(OCC(C)C)c2)cc1. The maximum Gasteiger partial charge on any atom is 0.338 e. The first-order valence-corrected chi connectivity index (χ1v) is 11.1. The van der Waals surface area contributed by atoms with Crippen LogP contribution in [0.25, 0.3) is 0 Å². The lowest BCUT2D eigenvalue weighted by atomic mass is 10.2. The van der Waals surface area contributed by atoms with Gasteiger partial charge in [-0.15, -0.1) is 0 Å². The number of para-hydroxylation sites is 2. The summed E-state index contributed by atoms with van der Waals surface area (Å²) in [6, 6.07) is 20.0. The molecule has 0 atom stereocenters. The molecule has 35 heavy (non-hydrogen) atoms. The third-order valence-corrected chi connectivity index (χ3v) is 4.77. The molecule has 3 aromatic rings. The Morgan fingerprint density at radius 3 is 2.31 bits per heavy atom. The Labute approximate surface area is 204 Å². The van der Waals surface area contributed by atoms with Crippen LogP contribution in [0.1, 0.15) is 34.6 Å². The van der Waals surface area contributed by atoms with Gasteiger partial charge in [0.25, 0.3) is 11.8 Å². The van der Waals surface area contributed by atoms with Crippen molar-refractivity contribution in [3.8, 4) is 11.5 Å². The van der Waals surface area contributed by atoms with Gasteiger partial charge in [-0.05, 0) is 60.5 Å². The molecule has 8 nitrogen and oxygen atoms in total. The lowest BCUT2D eigenvalue weighted by molar-refractivity contribution is -0.119. The summed E-state index contributed by atoms with van der Waals surface area (Å²) in [4.78, 5) is 37.0. The quantitative estimate of drug-likeness (QED) is 0.408. The lowest BCUT2D eigenvalue weighted by Gasteiger charge is -2.11. The van der Waals surface area contributed by atoms with Gasteiger partial charge in [-0.25, -0.2) is 4.79 Å². The van der Waals surface area contributed by atoms with Gasteiger partial charge in [-0.2, -0.15) is 0 Å². The van der Waals surface area contributed by atoms with E-state index >= 15 is 0 Å². The van der Waals surface area contributed by atoms with Crippen molar-refractivity contribution in [1.82, 2.24) is 0 Å². The molecule has 2 N–H and O–H groups in total. The lowest BCUT2D eigenvalue weighted by Crippen LogP contribution is -2.21. The van der Waals surface area contributed by atoms with E-state index < -0.39 is 18.5 Å². The molecule has 0 aromatic heterocycles. The molecule has 0 saturated heterocycles. The Morgan fingerprint density at radius 2 is 1.60 bits per heavy atom. The third-order valence-electron chi connectivity index (χ3n) is 4.77. The van der Waals surface area contributed by atoms with E-state index in [-0.39, 0.29) is 5.91 Å². The maximum atomic E-state index is 12.5. The largest absolute Gasteiger partial charge is 0.495 e. The van der Waals surface area contributed by atoms with E-state index in [0.29, 0.717) is 46.5 Å². The molecule has 3 rings (SSSR count). The Hall–Kier alpha value is -4.33. The van der Waals surface area contributed by atoms with Crippen molar-refractivity contribution < 1.29 is 28.6 Å². The number of hydrogen-bond donors (Lipinski definition) is 2. The molecule has 8 heteroatoms. The zero-order valence-corrected chi connectivity index (χ0v) is 19.9. The fourth-order valence-corrected chi connectivity index (χ4v) is 3.03. The Balaban J connectivity index is 1.50. The van der Waals surface area contributed by atoms with E-state index in [4.69, 9.17) is 14.2 Å². The highest BCUT2D eigenvalue weighted by molar-refractivity contribution is 6.05. The summed E-state index contributed by atoms with van der Waals surface area (Å²) in [7, 11) is 1.53. The third kappa shape index (κ3) is 7.60. The van der Waals surface area contributed by atoms with Crippen molar-refractivity contribution in [1.29, 1.82) is 0 Å². The van der Waals surface area contributed by atoms with Crippen LogP contribution in [0.5, 0.6) is 11.5 Å². The van der Waals surface area contributed by atoms with E-state index in [0.717, 1.165) is 0 Å². The normalized spacial score (nSPS) is 10.4. The molecule has 0 aliphatic heterocycles. The maximum absolute atomic E-state index is 12.5. The average Bonchev–Trinajstić information content (AvgIpc) is 2.87. The summed E-state index contributed by atoms with van der Waals surface area (Å²) < 4.78 is 16.0. The highest BCUT2D eigenvalue weighted by Crippen LogP contribution is 2.24. The van der Waals surface area contributed by atoms with Crippen LogP contribution in [0.3, 0.4) is 0 Å². The highest BCUT2D eigenvalue weighted by atomic mass is 16.5. The number of amides is 2. The number of carbonyl (C=O) groups excluding carboxylic acids is 3. The molecule has 182 valence electrons. The molecular formula is C27H28N2O6. The van der Waals surface area contributed by atoms with Gasteiger partial charge in [0.05, 0.1) is 25.0 Å². The number of hydrogen-bond acceptors (Lipinski definition) is 6. The Kier molecular flexibility index (Phi) is 8.83. The second-order valence-corrected chi connectivity index (χ2v) is 8.09. The molecule has 0 unspecified atom stereocenters. The van der Waals surface area contributed by atoms with Gasteiger partial charge in [0.1, 0.15) is 11.5 Å². The van der Waals surface area contributed by atoms with Gasteiger partial charge in [-0.3, -0.25) is 9.59 Å². The smallest absolute Gasteiger partial charge is 0.338 e. The summed E-state index contributed by atoms with van der Waals surface area (Å²) in [5, 5.41) is 5.42. The number of anilines is 2. The molecule has 0 radical (unpaired) electrons. The summed E-state index contributed by atoms with van der Waals surface area (Å²) in [6.07, 6.45) is 0. The second-order valence-electron chi connectivity index (χ2n) is 8.09.